The third-order valence-electron chi connectivity index (χ3n) is 3.27. The maximum absolute atomic E-state index is 6.27. The third kappa shape index (κ3) is 4.16. The Morgan fingerprint density at radius 2 is 1.75 bits per heavy atom. The molecule has 0 aromatic rings. The van der Waals surface area contributed by atoms with Crippen LogP contribution in [0.3, 0.4) is 0 Å². The van der Waals surface area contributed by atoms with Crippen molar-refractivity contribution >= 4 is 9.04 Å². The predicted molar refractivity (Wildman–Crippen MR) is 71.7 cm³/mol. The first-order chi connectivity index (χ1) is 7.30. The quantitative estimate of drug-likeness (QED) is 0.609. The highest BCUT2D eigenvalue weighted by molar-refractivity contribution is 6.48. The number of hydrogen-bond donors (Lipinski definition) is 1. The molecule has 0 radical (unpaired) electrons. The minimum atomic E-state index is -0.960. The Morgan fingerprint density at radius 1 is 1.25 bits per heavy atom. The molecule has 1 aliphatic heterocycles. The van der Waals surface area contributed by atoms with Crippen molar-refractivity contribution < 1.29 is 4.43 Å². The lowest BCUT2D eigenvalue weighted by molar-refractivity contribution is 0.00426. The van der Waals surface area contributed by atoms with E-state index in [-0.39, 0.29) is 5.41 Å². The Hall–Kier alpha value is 0.0969. The van der Waals surface area contributed by atoms with Crippen LogP contribution in [0.5, 0.6) is 0 Å². The predicted octanol–water partition coefficient (Wildman–Crippen LogP) is 1.99. The van der Waals surface area contributed by atoms with E-state index in [4.69, 9.17) is 10.3 Å². The summed E-state index contributed by atoms with van der Waals surface area (Å²) in [6.07, 6.45) is 2.77. The molecule has 1 atom stereocenters. The van der Waals surface area contributed by atoms with Crippen LogP contribution in [-0.2, 0) is 4.43 Å². The Morgan fingerprint density at radius 3 is 2.12 bits per heavy atom. The third-order valence-corrected chi connectivity index (χ3v) is 4.11. The number of hydrazine groups is 1. The molecular formula is C12H28N2OSi. The normalized spacial score (nSPS) is 22.7. The van der Waals surface area contributed by atoms with Gasteiger partial charge in [-0.05, 0) is 37.3 Å². The first kappa shape index (κ1) is 14.2. The SMILES string of the molecule is C[SiH](C)OC(C1CCN(N)CC1)C(C)(C)C. The highest BCUT2D eigenvalue weighted by Gasteiger charge is 2.35. The molecule has 0 saturated carbocycles. The Balaban J connectivity index is 2.62. The molecule has 96 valence electrons. The second-order valence-corrected chi connectivity index (χ2v) is 8.71. The highest BCUT2D eigenvalue weighted by Crippen LogP contribution is 2.34. The van der Waals surface area contributed by atoms with E-state index in [2.05, 4.69) is 33.9 Å². The first-order valence-electron chi connectivity index (χ1n) is 6.46. The summed E-state index contributed by atoms with van der Waals surface area (Å²) in [5, 5.41) is 1.93. The molecule has 2 N–H and O–H groups in total. The van der Waals surface area contributed by atoms with Crippen LogP contribution in [0.25, 0.3) is 0 Å². The van der Waals surface area contributed by atoms with Crippen molar-refractivity contribution in [2.75, 3.05) is 13.1 Å². The average Bonchev–Trinajstić information content (AvgIpc) is 2.14. The molecule has 1 rings (SSSR count). The van der Waals surface area contributed by atoms with Gasteiger partial charge in [-0.15, -0.1) is 0 Å². The zero-order chi connectivity index (χ0) is 12.3. The number of nitrogens with two attached hydrogens (primary N) is 1. The van der Waals surface area contributed by atoms with Gasteiger partial charge in [0.15, 0.2) is 9.04 Å². The largest absolute Gasteiger partial charge is 0.417 e. The number of piperidine rings is 1. The van der Waals surface area contributed by atoms with Crippen LogP contribution in [0.4, 0.5) is 0 Å². The van der Waals surface area contributed by atoms with Gasteiger partial charge in [0.25, 0.3) is 0 Å². The molecule has 1 saturated heterocycles. The first-order valence-corrected chi connectivity index (χ1v) is 9.24. The summed E-state index contributed by atoms with van der Waals surface area (Å²) in [7, 11) is -0.960. The topological polar surface area (TPSA) is 38.5 Å². The number of nitrogens with zero attached hydrogens (tertiary/aromatic N) is 1. The summed E-state index contributed by atoms with van der Waals surface area (Å²) in [4.78, 5) is 0. The fraction of sp³-hybridized carbons (Fsp3) is 1.00. The van der Waals surface area contributed by atoms with E-state index in [0.717, 1.165) is 13.1 Å². The molecule has 3 nitrogen and oxygen atoms in total. The number of rotatable bonds is 3. The van der Waals surface area contributed by atoms with Crippen LogP contribution < -0.4 is 5.84 Å². The maximum Gasteiger partial charge on any atom is 0.171 e. The molecule has 0 bridgehead atoms. The minimum absolute atomic E-state index is 0.249. The minimum Gasteiger partial charge on any atom is -0.417 e. The van der Waals surface area contributed by atoms with E-state index in [1.165, 1.54) is 12.8 Å². The van der Waals surface area contributed by atoms with Crippen LogP contribution >= 0.6 is 0 Å². The van der Waals surface area contributed by atoms with Crippen molar-refractivity contribution in [3.63, 3.8) is 0 Å². The fourth-order valence-electron chi connectivity index (χ4n) is 2.54. The van der Waals surface area contributed by atoms with E-state index in [1.54, 1.807) is 0 Å². The monoisotopic (exact) mass is 244 g/mol. The second kappa shape index (κ2) is 5.62. The summed E-state index contributed by atoms with van der Waals surface area (Å²) in [5.74, 6) is 6.50. The van der Waals surface area contributed by atoms with Crippen molar-refractivity contribution in [3.8, 4) is 0 Å². The van der Waals surface area contributed by atoms with Crippen molar-refractivity contribution in [2.45, 2.75) is 52.8 Å². The average molecular weight is 244 g/mol. The zero-order valence-electron chi connectivity index (χ0n) is 11.5. The molecule has 1 fully saturated rings. The molecular weight excluding hydrogens is 216 g/mol. The van der Waals surface area contributed by atoms with Gasteiger partial charge in [-0.25, -0.2) is 5.01 Å². The number of hydrogen-bond acceptors (Lipinski definition) is 3. The Kier molecular flexibility index (Phi) is 4.98. The van der Waals surface area contributed by atoms with Gasteiger partial charge in [-0.1, -0.05) is 20.8 Å². The van der Waals surface area contributed by atoms with Crippen molar-refractivity contribution in [3.05, 3.63) is 0 Å². The molecule has 0 aromatic carbocycles. The molecule has 1 unspecified atom stereocenters. The summed E-state index contributed by atoms with van der Waals surface area (Å²) < 4.78 is 6.27. The zero-order valence-corrected chi connectivity index (χ0v) is 12.6. The van der Waals surface area contributed by atoms with Gasteiger partial charge in [0, 0.05) is 13.1 Å². The van der Waals surface area contributed by atoms with Gasteiger partial charge in [0.1, 0.15) is 0 Å². The van der Waals surface area contributed by atoms with Gasteiger partial charge >= 0.3 is 0 Å². The molecule has 0 aliphatic carbocycles. The van der Waals surface area contributed by atoms with Crippen LogP contribution in [0.2, 0.25) is 13.1 Å². The summed E-state index contributed by atoms with van der Waals surface area (Å²) in [6, 6.07) is 0. The smallest absolute Gasteiger partial charge is 0.171 e. The van der Waals surface area contributed by atoms with E-state index >= 15 is 0 Å². The van der Waals surface area contributed by atoms with Crippen molar-refractivity contribution in [1.82, 2.24) is 5.01 Å². The molecule has 1 aliphatic rings. The lowest BCUT2D eigenvalue weighted by Crippen LogP contribution is -2.46. The standard InChI is InChI=1S/C12H28N2OSi/c1-12(2,3)11(15-16(4)5)10-6-8-14(13)9-7-10/h10-11,16H,6-9,13H2,1-5H3. The summed E-state index contributed by atoms with van der Waals surface area (Å²) in [6.45, 7) is 13.4. The van der Waals surface area contributed by atoms with Crippen LogP contribution in [0.15, 0.2) is 0 Å². The van der Waals surface area contributed by atoms with Gasteiger partial charge < -0.3 is 4.43 Å². The van der Waals surface area contributed by atoms with Gasteiger partial charge in [0.2, 0.25) is 0 Å². The molecule has 4 heteroatoms. The summed E-state index contributed by atoms with van der Waals surface area (Å²) >= 11 is 0. The Bertz CT molecular complexity index is 208. The van der Waals surface area contributed by atoms with E-state index < -0.39 is 9.04 Å². The van der Waals surface area contributed by atoms with E-state index in [9.17, 15) is 0 Å². The molecule has 0 spiro atoms. The second-order valence-electron chi connectivity index (χ2n) is 6.34. The molecule has 1 heterocycles. The van der Waals surface area contributed by atoms with Crippen LogP contribution in [-0.4, -0.2) is 33.2 Å². The molecule has 0 amide bonds. The van der Waals surface area contributed by atoms with E-state index in [0.29, 0.717) is 12.0 Å². The van der Waals surface area contributed by atoms with Gasteiger partial charge in [-0.3, -0.25) is 5.84 Å². The Labute approximate surface area is 102 Å². The fourth-order valence-corrected chi connectivity index (χ4v) is 3.75. The van der Waals surface area contributed by atoms with Crippen molar-refractivity contribution in [2.24, 2.45) is 17.2 Å². The lowest BCUT2D eigenvalue weighted by Gasteiger charge is -2.41. The maximum atomic E-state index is 6.27. The lowest BCUT2D eigenvalue weighted by atomic mass is 9.77. The molecule has 0 aromatic heterocycles. The highest BCUT2D eigenvalue weighted by atomic mass is 28.3. The van der Waals surface area contributed by atoms with Crippen LogP contribution in [0.1, 0.15) is 33.6 Å². The van der Waals surface area contributed by atoms with E-state index in [1.807, 2.05) is 5.01 Å². The van der Waals surface area contributed by atoms with Gasteiger partial charge in [-0.2, -0.15) is 0 Å². The van der Waals surface area contributed by atoms with Gasteiger partial charge in [0.05, 0.1) is 6.10 Å². The van der Waals surface area contributed by atoms with Crippen molar-refractivity contribution in [1.29, 1.82) is 0 Å². The molecule has 16 heavy (non-hydrogen) atoms. The summed E-state index contributed by atoms with van der Waals surface area (Å²) in [5.41, 5.74) is 0.249. The van der Waals surface area contributed by atoms with Crippen LogP contribution in [0, 0.1) is 11.3 Å².